The molecule has 0 amide bonds. The molecule has 0 aliphatic carbocycles. The Morgan fingerprint density at radius 1 is 1.53 bits per heavy atom. The summed E-state index contributed by atoms with van der Waals surface area (Å²) in [6.45, 7) is 0. The van der Waals surface area contributed by atoms with Gasteiger partial charge in [-0.05, 0) is 15.9 Å². The molecule has 0 fully saturated rings. The van der Waals surface area contributed by atoms with Crippen LogP contribution in [-0.2, 0) is 0 Å². The molecule has 15 heavy (non-hydrogen) atoms. The highest BCUT2D eigenvalue weighted by Gasteiger charge is 2.32. The Labute approximate surface area is 89.4 Å². The van der Waals surface area contributed by atoms with E-state index in [-0.39, 0.29) is 4.47 Å². The number of ether oxygens (including phenoxy) is 1. The summed E-state index contributed by atoms with van der Waals surface area (Å²) in [5.41, 5.74) is -1.21. The van der Waals surface area contributed by atoms with Crippen LogP contribution in [0.1, 0.15) is 5.56 Å². The first-order valence-corrected chi connectivity index (χ1v) is 4.21. The highest BCUT2D eigenvalue weighted by atomic mass is 79.9. The van der Waals surface area contributed by atoms with Crippen LogP contribution in [-0.4, -0.2) is 11.3 Å². The van der Waals surface area contributed by atoms with Crippen molar-refractivity contribution in [2.24, 2.45) is 0 Å². The lowest BCUT2D eigenvalue weighted by Gasteiger charge is -2.09. The number of hydrogen-bond acceptors (Lipinski definition) is 3. The summed E-state index contributed by atoms with van der Waals surface area (Å²) < 4.78 is 38.8. The lowest BCUT2D eigenvalue weighted by atomic mass is 10.3. The molecule has 1 N–H and O–H groups in total. The molecule has 4 nitrogen and oxygen atoms in total. The van der Waals surface area contributed by atoms with Gasteiger partial charge in [-0.1, -0.05) is 0 Å². The summed E-state index contributed by atoms with van der Waals surface area (Å²) in [4.78, 5) is 12.9. The van der Waals surface area contributed by atoms with E-state index in [2.05, 4.69) is 20.7 Å². The number of nitriles is 1. The Morgan fingerprint density at radius 2 is 2.13 bits per heavy atom. The maximum absolute atomic E-state index is 11.9. The van der Waals surface area contributed by atoms with Crippen molar-refractivity contribution in [2.45, 2.75) is 6.36 Å². The SMILES string of the molecule is N#Cc1c(OC(F)(F)F)c[nH]c(=O)c1Br. The number of alkyl halides is 3. The number of rotatable bonds is 1. The standard InChI is InChI=1S/C7H2BrF3N2O2/c8-5-3(1-12)4(2-13-6(5)14)15-7(9,10)11/h2H,(H,13,14). The van der Waals surface area contributed by atoms with Crippen molar-refractivity contribution in [3.05, 3.63) is 26.6 Å². The molecule has 1 aromatic heterocycles. The van der Waals surface area contributed by atoms with Crippen LogP contribution in [0.15, 0.2) is 15.5 Å². The van der Waals surface area contributed by atoms with Crippen LogP contribution in [0.4, 0.5) is 13.2 Å². The number of aromatic amines is 1. The van der Waals surface area contributed by atoms with E-state index in [4.69, 9.17) is 5.26 Å². The van der Waals surface area contributed by atoms with Crippen LogP contribution < -0.4 is 10.3 Å². The van der Waals surface area contributed by atoms with E-state index < -0.39 is 23.2 Å². The number of nitrogens with zero attached hydrogens (tertiary/aromatic N) is 1. The van der Waals surface area contributed by atoms with Gasteiger partial charge in [-0.2, -0.15) is 5.26 Å². The van der Waals surface area contributed by atoms with Crippen molar-refractivity contribution < 1.29 is 17.9 Å². The van der Waals surface area contributed by atoms with Crippen molar-refractivity contribution >= 4 is 15.9 Å². The summed E-state index contributed by atoms with van der Waals surface area (Å²) in [6, 6.07) is 1.44. The van der Waals surface area contributed by atoms with E-state index in [1.54, 1.807) is 0 Å². The molecule has 80 valence electrons. The molecule has 0 aromatic carbocycles. The molecular weight excluding hydrogens is 281 g/mol. The van der Waals surface area contributed by atoms with Gasteiger partial charge in [0, 0.05) is 6.20 Å². The normalized spacial score (nSPS) is 10.9. The summed E-state index contributed by atoms with van der Waals surface area (Å²) in [7, 11) is 0. The van der Waals surface area contributed by atoms with Crippen molar-refractivity contribution in [1.82, 2.24) is 4.98 Å². The maximum Gasteiger partial charge on any atom is 0.573 e. The minimum absolute atomic E-state index is 0.299. The van der Waals surface area contributed by atoms with Gasteiger partial charge in [0.25, 0.3) is 5.56 Å². The van der Waals surface area contributed by atoms with E-state index in [9.17, 15) is 18.0 Å². The Kier molecular flexibility index (Phi) is 3.04. The molecule has 0 bridgehead atoms. The van der Waals surface area contributed by atoms with Crippen molar-refractivity contribution in [3.63, 3.8) is 0 Å². The molecule has 0 unspecified atom stereocenters. The van der Waals surface area contributed by atoms with E-state index >= 15 is 0 Å². The monoisotopic (exact) mass is 282 g/mol. The maximum atomic E-state index is 11.9. The fourth-order valence-electron chi connectivity index (χ4n) is 0.798. The number of nitrogens with one attached hydrogen (secondary N) is 1. The molecule has 0 spiro atoms. The predicted molar refractivity (Wildman–Crippen MR) is 46.2 cm³/mol. The van der Waals surface area contributed by atoms with Crippen molar-refractivity contribution in [3.8, 4) is 11.8 Å². The van der Waals surface area contributed by atoms with Gasteiger partial charge in [0.15, 0.2) is 5.75 Å². The fourth-order valence-corrected chi connectivity index (χ4v) is 1.20. The second-order valence-electron chi connectivity index (χ2n) is 2.33. The third kappa shape index (κ3) is 2.73. The van der Waals surface area contributed by atoms with Gasteiger partial charge in [0.2, 0.25) is 0 Å². The molecular formula is C7H2BrF3N2O2. The Hall–Kier alpha value is -1.49. The molecule has 0 radical (unpaired) electrons. The van der Waals surface area contributed by atoms with Crippen LogP contribution >= 0.6 is 15.9 Å². The zero-order valence-electron chi connectivity index (χ0n) is 6.85. The summed E-state index contributed by atoms with van der Waals surface area (Å²) in [6.07, 6.45) is -4.23. The lowest BCUT2D eigenvalue weighted by molar-refractivity contribution is -0.274. The average Bonchev–Trinajstić information content (AvgIpc) is 2.10. The lowest BCUT2D eigenvalue weighted by Crippen LogP contribution is -2.20. The largest absolute Gasteiger partial charge is 0.573 e. The van der Waals surface area contributed by atoms with Gasteiger partial charge in [-0.3, -0.25) is 4.79 Å². The van der Waals surface area contributed by atoms with Crippen molar-refractivity contribution in [1.29, 1.82) is 5.26 Å². The Balaban J connectivity index is 3.28. The van der Waals surface area contributed by atoms with Crippen LogP contribution in [0, 0.1) is 11.3 Å². The molecule has 0 aliphatic heterocycles. The van der Waals surface area contributed by atoms with E-state index in [0.29, 0.717) is 6.20 Å². The summed E-state index contributed by atoms with van der Waals surface area (Å²) >= 11 is 2.69. The number of halogens is 4. The molecule has 8 heteroatoms. The highest BCUT2D eigenvalue weighted by Crippen LogP contribution is 2.27. The first kappa shape index (κ1) is 11.6. The molecule has 0 atom stereocenters. The second kappa shape index (κ2) is 3.94. The molecule has 0 saturated heterocycles. The number of aromatic nitrogens is 1. The van der Waals surface area contributed by atoms with Gasteiger partial charge < -0.3 is 9.72 Å². The topological polar surface area (TPSA) is 65.9 Å². The quantitative estimate of drug-likeness (QED) is 0.856. The minimum Gasteiger partial charge on any atom is -0.403 e. The average molecular weight is 283 g/mol. The smallest absolute Gasteiger partial charge is 0.403 e. The van der Waals surface area contributed by atoms with Gasteiger partial charge in [0.05, 0.1) is 0 Å². The van der Waals surface area contributed by atoms with Gasteiger partial charge in [-0.15, -0.1) is 13.2 Å². The van der Waals surface area contributed by atoms with Crippen LogP contribution in [0.5, 0.6) is 5.75 Å². The predicted octanol–water partition coefficient (Wildman–Crippen LogP) is 1.91. The molecule has 1 rings (SSSR count). The number of H-pyrrole nitrogens is 1. The Bertz CT molecular complexity index is 475. The van der Waals surface area contributed by atoms with E-state index in [1.807, 2.05) is 4.98 Å². The second-order valence-corrected chi connectivity index (χ2v) is 3.12. The molecule has 1 heterocycles. The first-order chi connectivity index (χ1) is 6.85. The fraction of sp³-hybridized carbons (Fsp3) is 0.143. The van der Waals surface area contributed by atoms with Crippen LogP contribution in [0.3, 0.4) is 0 Å². The zero-order chi connectivity index (χ0) is 11.6. The molecule has 1 aromatic rings. The molecule has 0 aliphatic rings. The van der Waals surface area contributed by atoms with Gasteiger partial charge >= 0.3 is 6.36 Å². The van der Waals surface area contributed by atoms with Gasteiger partial charge in [0.1, 0.15) is 16.1 Å². The van der Waals surface area contributed by atoms with Crippen LogP contribution in [0.2, 0.25) is 0 Å². The third-order valence-corrected chi connectivity index (χ3v) is 2.09. The Morgan fingerprint density at radius 3 is 2.60 bits per heavy atom. The van der Waals surface area contributed by atoms with Crippen molar-refractivity contribution in [2.75, 3.05) is 0 Å². The minimum atomic E-state index is -4.91. The third-order valence-electron chi connectivity index (χ3n) is 1.34. The molecule has 0 saturated carbocycles. The van der Waals surface area contributed by atoms with Crippen LogP contribution in [0.25, 0.3) is 0 Å². The van der Waals surface area contributed by atoms with E-state index in [0.717, 1.165) is 0 Å². The number of pyridine rings is 1. The summed E-state index contributed by atoms with van der Waals surface area (Å²) in [5.74, 6) is -0.753. The first-order valence-electron chi connectivity index (χ1n) is 3.42. The highest BCUT2D eigenvalue weighted by molar-refractivity contribution is 9.10. The zero-order valence-corrected chi connectivity index (χ0v) is 8.44. The van der Waals surface area contributed by atoms with E-state index in [1.165, 1.54) is 6.07 Å². The van der Waals surface area contributed by atoms with Gasteiger partial charge in [-0.25, -0.2) is 0 Å². The summed E-state index contributed by atoms with van der Waals surface area (Å²) in [5, 5.41) is 8.54. The number of hydrogen-bond donors (Lipinski definition) is 1.